The lowest BCUT2D eigenvalue weighted by Crippen LogP contribution is -2.20. The van der Waals surface area contributed by atoms with Crippen LogP contribution in [0.5, 0.6) is 0 Å². The van der Waals surface area contributed by atoms with Crippen LogP contribution in [-0.4, -0.2) is 25.7 Å². The van der Waals surface area contributed by atoms with E-state index in [1.807, 2.05) is 13.0 Å². The molecule has 0 aliphatic carbocycles. The highest BCUT2D eigenvalue weighted by Crippen LogP contribution is 2.15. The minimum absolute atomic E-state index is 0.182. The first kappa shape index (κ1) is 13.2. The molecule has 0 saturated carbocycles. The number of hydrogen-bond donors (Lipinski definition) is 2. The van der Waals surface area contributed by atoms with Crippen LogP contribution in [0.2, 0.25) is 0 Å². The lowest BCUT2D eigenvalue weighted by molar-refractivity contribution is 0.102. The number of nitrogens with two attached hydrogens (primary N) is 1. The molecule has 98 valence electrons. The van der Waals surface area contributed by atoms with Gasteiger partial charge in [0.25, 0.3) is 5.91 Å². The number of rotatable bonds is 3. The third-order valence-corrected chi connectivity index (χ3v) is 2.88. The van der Waals surface area contributed by atoms with Crippen molar-refractivity contribution in [2.45, 2.75) is 6.92 Å². The highest BCUT2D eigenvalue weighted by atomic mass is 32.1. The van der Waals surface area contributed by atoms with Crippen molar-refractivity contribution in [3.05, 3.63) is 41.3 Å². The van der Waals surface area contributed by atoms with E-state index in [0.717, 1.165) is 5.56 Å². The first-order chi connectivity index (χ1) is 9.00. The van der Waals surface area contributed by atoms with Gasteiger partial charge in [0.2, 0.25) is 0 Å². The summed E-state index contributed by atoms with van der Waals surface area (Å²) in [6.45, 7) is 1.82. The third-order valence-electron chi connectivity index (χ3n) is 2.66. The van der Waals surface area contributed by atoms with Gasteiger partial charge in [-0.1, -0.05) is 18.3 Å². The summed E-state index contributed by atoms with van der Waals surface area (Å²) < 4.78 is 1.50. The molecule has 0 aromatic carbocycles. The van der Waals surface area contributed by atoms with E-state index in [0.29, 0.717) is 17.1 Å². The normalized spacial score (nSPS) is 10.2. The Morgan fingerprint density at radius 1 is 1.53 bits per heavy atom. The zero-order chi connectivity index (χ0) is 14.0. The van der Waals surface area contributed by atoms with Gasteiger partial charge in [-0.25, -0.2) is 0 Å². The summed E-state index contributed by atoms with van der Waals surface area (Å²) in [6, 6.07) is 3.59. The van der Waals surface area contributed by atoms with Crippen molar-refractivity contribution >= 4 is 28.9 Å². The summed E-state index contributed by atoms with van der Waals surface area (Å²) in [4.78, 5) is 16.4. The Morgan fingerprint density at radius 3 is 2.89 bits per heavy atom. The van der Waals surface area contributed by atoms with Gasteiger partial charge in [-0.2, -0.15) is 5.10 Å². The highest BCUT2D eigenvalue weighted by Gasteiger charge is 2.16. The molecule has 0 fully saturated rings. The Labute approximate surface area is 115 Å². The van der Waals surface area contributed by atoms with Gasteiger partial charge >= 0.3 is 0 Å². The van der Waals surface area contributed by atoms with Gasteiger partial charge in [0.1, 0.15) is 16.5 Å². The van der Waals surface area contributed by atoms with Crippen molar-refractivity contribution in [1.82, 2.24) is 14.8 Å². The van der Waals surface area contributed by atoms with Crippen LogP contribution in [-0.2, 0) is 7.05 Å². The fourth-order valence-electron chi connectivity index (χ4n) is 1.66. The third kappa shape index (κ3) is 2.60. The quantitative estimate of drug-likeness (QED) is 0.816. The van der Waals surface area contributed by atoms with Gasteiger partial charge in [0.15, 0.2) is 0 Å². The van der Waals surface area contributed by atoms with E-state index in [1.54, 1.807) is 19.3 Å². The molecule has 0 saturated heterocycles. The Hall–Kier alpha value is -2.28. The summed E-state index contributed by atoms with van der Waals surface area (Å²) in [5, 5.41) is 6.75. The predicted molar refractivity (Wildman–Crippen MR) is 76.0 cm³/mol. The van der Waals surface area contributed by atoms with E-state index < -0.39 is 0 Å². The number of pyridine rings is 1. The second kappa shape index (κ2) is 5.15. The number of hydrogen-bond acceptors (Lipinski definition) is 4. The van der Waals surface area contributed by atoms with Crippen molar-refractivity contribution in [2.24, 2.45) is 12.8 Å². The van der Waals surface area contributed by atoms with Gasteiger partial charge in [-0.05, 0) is 18.6 Å². The first-order valence-electron chi connectivity index (χ1n) is 5.55. The van der Waals surface area contributed by atoms with E-state index in [-0.39, 0.29) is 10.9 Å². The van der Waals surface area contributed by atoms with Crippen LogP contribution in [0, 0.1) is 6.92 Å². The number of anilines is 1. The van der Waals surface area contributed by atoms with E-state index in [2.05, 4.69) is 15.4 Å². The Kier molecular flexibility index (Phi) is 3.57. The number of carbonyl (C=O) groups is 1. The van der Waals surface area contributed by atoms with Crippen LogP contribution in [0.4, 0.5) is 5.82 Å². The topological polar surface area (TPSA) is 85.8 Å². The maximum atomic E-state index is 12.2. The fourth-order valence-corrected chi connectivity index (χ4v) is 1.81. The monoisotopic (exact) mass is 275 g/mol. The number of nitrogens with one attached hydrogen (secondary N) is 1. The second-order valence-corrected chi connectivity index (χ2v) is 4.46. The van der Waals surface area contributed by atoms with Gasteiger partial charge < -0.3 is 11.1 Å². The minimum atomic E-state index is -0.320. The largest absolute Gasteiger partial charge is 0.389 e. The van der Waals surface area contributed by atoms with Crippen LogP contribution in [0.25, 0.3) is 0 Å². The molecule has 3 N–H and O–H groups in total. The second-order valence-electron chi connectivity index (χ2n) is 4.02. The highest BCUT2D eigenvalue weighted by molar-refractivity contribution is 7.80. The lowest BCUT2D eigenvalue weighted by atomic mass is 10.2. The molecular formula is C12H13N5OS. The van der Waals surface area contributed by atoms with Crippen molar-refractivity contribution in [2.75, 3.05) is 5.32 Å². The van der Waals surface area contributed by atoms with Crippen LogP contribution < -0.4 is 11.1 Å². The van der Waals surface area contributed by atoms with Crippen molar-refractivity contribution < 1.29 is 4.79 Å². The maximum Gasteiger partial charge on any atom is 0.275 e. The number of carbonyl (C=O) groups excluding carboxylic acids is 1. The minimum Gasteiger partial charge on any atom is -0.389 e. The molecule has 6 nitrogen and oxygen atoms in total. The van der Waals surface area contributed by atoms with Crippen LogP contribution in [0.3, 0.4) is 0 Å². The molecule has 0 bridgehead atoms. The molecule has 0 aliphatic rings. The smallest absolute Gasteiger partial charge is 0.275 e. The number of aromatic nitrogens is 3. The van der Waals surface area contributed by atoms with Crippen LogP contribution in [0.15, 0.2) is 24.5 Å². The molecule has 0 spiro atoms. The Balaban J connectivity index is 2.32. The van der Waals surface area contributed by atoms with E-state index >= 15 is 0 Å². The molecule has 0 unspecified atom stereocenters. The van der Waals surface area contributed by atoms with E-state index in [4.69, 9.17) is 18.0 Å². The average Bonchev–Trinajstić information content (AvgIpc) is 2.71. The van der Waals surface area contributed by atoms with E-state index in [1.165, 1.54) is 10.9 Å². The zero-order valence-corrected chi connectivity index (χ0v) is 11.4. The molecular weight excluding hydrogens is 262 g/mol. The molecule has 1 amide bonds. The summed E-state index contributed by atoms with van der Waals surface area (Å²) in [5.41, 5.74) is 7.26. The SMILES string of the molecule is Cc1cccnc1C(=O)Nc1c(C(N)=S)cnn1C. The van der Waals surface area contributed by atoms with Crippen LogP contribution >= 0.6 is 12.2 Å². The van der Waals surface area contributed by atoms with Crippen molar-refractivity contribution in [1.29, 1.82) is 0 Å². The van der Waals surface area contributed by atoms with Crippen molar-refractivity contribution in [3.63, 3.8) is 0 Å². The maximum absolute atomic E-state index is 12.2. The number of aryl methyl sites for hydroxylation is 2. The first-order valence-corrected chi connectivity index (χ1v) is 5.96. The van der Waals surface area contributed by atoms with Gasteiger partial charge in [-0.15, -0.1) is 0 Å². The molecule has 0 aliphatic heterocycles. The predicted octanol–water partition coefficient (Wildman–Crippen LogP) is 1.01. The molecule has 2 rings (SSSR count). The molecule has 19 heavy (non-hydrogen) atoms. The van der Waals surface area contributed by atoms with Gasteiger partial charge in [0, 0.05) is 13.2 Å². The molecule has 0 atom stereocenters. The summed E-state index contributed by atoms with van der Waals surface area (Å²) in [5.74, 6) is 0.141. The number of amides is 1. The molecule has 2 heterocycles. The fraction of sp³-hybridized carbons (Fsp3) is 0.167. The summed E-state index contributed by atoms with van der Waals surface area (Å²) >= 11 is 4.92. The molecule has 2 aromatic heterocycles. The summed E-state index contributed by atoms with van der Waals surface area (Å²) in [6.07, 6.45) is 3.09. The molecule has 7 heteroatoms. The van der Waals surface area contributed by atoms with E-state index in [9.17, 15) is 4.79 Å². The molecule has 2 aromatic rings. The van der Waals surface area contributed by atoms with Gasteiger partial charge in [0.05, 0.1) is 11.8 Å². The lowest BCUT2D eigenvalue weighted by Gasteiger charge is -2.08. The zero-order valence-electron chi connectivity index (χ0n) is 10.5. The Bertz CT molecular complexity index is 649. The number of thiocarbonyl (C=S) groups is 1. The summed E-state index contributed by atoms with van der Waals surface area (Å²) in [7, 11) is 1.70. The number of nitrogens with zero attached hydrogens (tertiary/aromatic N) is 3. The average molecular weight is 275 g/mol. The standard InChI is InChI=1S/C12H13N5OS/c1-7-4-3-5-14-9(7)12(18)16-11-8(10(13)19)6-15-17(11)2/h3-6H,1-2H3,(H2,13,19)(H,16,18). The van der Waals surface area contributed by atoms with Crippen LogP contribution in [0.1, 0.15) is 21.6 Å². The van der Waals surface area contributed by atoms with Gasteiger partial charge in [-0.3, -0.25) is 14.5 Å². The van der Waals surface area contributed by atoms with Crippen molar-refractivity contribution in [3.8, 4) is 0 Å². The Morgan fingerprint density at radius 2 is 2.26 bits per heavy atom. The molecule has 0 radical (unpaired) electrons.